The van der Waals surface area contributed by atoms with Gasteiger partial charge in [-0.3, -0.25) is 9.59 Å². The van der Waals surface area contributed by atoms with Crippen LogP contribution in [-0.2, 0) is 16.0 Å². The number of hydrogen-bond acceptors (Lipinski definition) is 6. The van der Waals surface area contributed by atoms with Crippen LogP contribution in [0.1, 0.15) is 52.7 Å². The number of benzene rings is 2. The van der Waals surface area contributed by atoms with Gasteiger partial charge < -0.3 is 19.3 Å². The van der Waals surface area contributed by atoms with Crippen LogP contribution in [0.2, 0.25) is 0 Å². The lowest BCUT2D eigenvalue weighted by atomic mass is 10.0. The predicted octanol–water partition coefficient (Wildman–Crippen LogP) is 3.78. The van der Waals surface area contributed by atoms with Gasteiger partial charge in [0.05, 0.1) is 19.4 Å². The van der Waals surface area contributed by atoms with Gasteiger partial charge in [0.1, 0.15) is 11.4 Å². The molecule has 0 atom stereocenters. The second kappa shape index (κ2) is 9.85. The van der Waals surface area contributed by atoms with Gasteiger partial charge in [0.25, 0.3) is 5.91 Å². The number of hydrogen-bond donors (Lipinski definition) is 0. The third kappa shape index (κ3) is 4.21. The Labute approximate surface area is 209 Å². The average Bonchev–Trinajstić information content (AvgIpc) is 3.30. The van der Waals surface area contributed by atoms with E-state index in [9.17, 15) is 14.4 Å². The molecule has 0 N–H and O–H groups in total. The molecular weight excluding hydrogens is 460 g/mol. The zero-order valence-electron chi connectivity index (χ0n) is 20.4. The largest absolute Gasteiger partial charge is 0.497 e. The number of anilines is 2. The summed E-state index contributed by atoms with van der Waals surface area (Å²) in [4.78, 5) is 42.3. The highest BCUT2D eigenvalue weighted by atomic mass is 16.5. The molecule has 0 radical (unpaired) electrons. The highest BCUT2D eigenvalue weighted by molar-refractivity contribution is 6.09. The number of aromatic nitrogens is 2. The second-order valence-electron chi connectivity index (χ2n) is 8.74. The number of nitrogens with zero attached hydrogens (tertiary/aromatic N) is 4. The van der Waals surface area contributed by atoms with Crippen LogP contribution >= 0.6 is 0 Å². The standard InChI is InChI=1S/C27H28N4O5/c1-3-36-27(34)24-22-14-16-30(19-12-10-18(11-13-19)29-15-5-4-9-23(29)32)26(33)25(22)31(28-24)20-7-6-8-21(17-20)35-2/h6-8,10-13,17H,3-5,9,14-16H2,1-2H3. The van der Waals surface area contributed by atoms with E-state index in [0.29, 0.717) is 48.6 Å². The fourth-order valence-electron chi connectivity index (χ4n) is 4.79. The quantitative estimate of drug-likeness (QED) is 0.490. The van der Waals surface area contributed by atoms with Crippen LogP contribution in [0, 0.1) is 0 Å². The first kappa shape index (κ1) is 23.6. The average molecular weight is 489 g/mol. The molecule has 0 aliphatic carbocycles. The van der Waals surface area contributed by atoms with Crippen LogP contribution in [0.3, 0.4) is 0 Å². The van der Waals surface area contributed by atoms with Crippen molar-refractivity contribution < 1.29 is 23.9 Å². The van der Waals surface area contributed by atoms with Gasteiger partial charge in [-0.1, -0.05) is 6.07 Å². The van der Waals surface area contributed by atoms with Gasteiger partial charge in [-0.15, -0.1) is 0 Å². The van der Waals surface area contributed by atoms with Crippen molar-refractivity contribution in [3.8, 4) is 11.4 Å². The van der Waals surface area contributed by atoms with Crippen molar-refractivity contribution in [2.45, 2.75) is 32.6 Å². The van der Waals surface area contributed by atoms with E-state index in [4.69, 9.17) is 9.47 Å². The van der Waals surface area contributed by atoms with Crippen molar-refractivity contribution in [2.24, 2.45) is 0 Å². The number of fused-ring (bicyclic) bond motifs is 1. The van der Waals surface area contributed by atoms with Crippen LogP contribution in [0.5, 0.6) is 5.75 Å². The Kier molecular flexibility index (Phi) is 6.45. The van der Waals surface area contributed by atoms with Crippen molar-refractivity contribution in [1.29, 1.82) is 0 Å². The number of methoxy groups -OCH3 is 1. The Hall–Kier alpha value is -4.14. The van der Waals surface area contributed by atoms with E-state index in [1.54, 1.807) is 48.1 Å². The van der Waals surface area contributed by atoms with E-state index >= 15 is 0 Å². The van der Waals surface area contributed by atoms with Gasteiger partial charge in [-0.25, -0.2) is 9.48 Å². The predicted molar refractivity (Wildman–Crippen MR) is 134 cm³/mol. The van der Waals surface area contributed by atoms with Gasteiger partial charge in [0.15, 0.2) is 5.69 Å². The molecule has 2 amide bonds. The van der Waals surface area contributed by atoms with Gasteiger partial charge in [0, 0.05) is 42.5 Å². The van der Waals surface area contributed by atoms with Crippen LogP contribution < -0.4 is 14.5 Å². The molecule has 2 aromatic carbocycles. The van der Waals surface area contributed by atoms with Crippen molar-refractivity contribution in [2.75, 3.05) is 36.6 Å². The van der Waals surface area contributed by atoms with E-state index in [2.05, 4.69) is 5.10 Å². The molecule has 3 heterocycles. The zero-order chi connectivity index (χ0) is 25.2. The third-order valence-electron chi connectivity index (χ3n) is 6.58. The molecule has 9 nitrogen and oxygen atoms in total. The Morgan fingerprint density at radius 1 is 0.944 bits per heavy atom. The Morgan fingerprint density at radius 3 is 2.39 bits per heavy atom. The normalized spacial score (nSPS) is 15.6. The summed E-state index contributed by atoms with van der Waals surface area (Å²) in [7, 11) is 1.57. The number of ether oxygens (including phenoxy) is 2. The molecular formula is C27H28N4O5. The molecule has 186 valence electrons. The molecule has 0 spiro atoms. The second-order valence-corrected chi connectivity index (χ2v) is 8.74. The zero-order valence-corrected chi connectivity index (χ0v) is 20.4. The molecule has 5 rings (SSSR count). The molecule has 1 saturated heterocycles. The van der Waals surface area contributed by atoms with Crippen LogP contribution in [-0.4, -0.2) is 54.4 Å². The van der Waals surface area contributed by atoms with E-state index in [-0.39, 0.29) is 24.1 Å². The van der Waals surface area contributed by atoms with Crippen molar-refractivity contribution in [3.63, 3.8) is 0 Å². The molecule has 0 saturated carbocycles. The summed E-state index contributed by atoms with van der Waals surface area (Å²) in [5.41, 5.74) is 3.22. The molecule has 2 aliphatic heterocycles. The first-order valence-corrected chi connectivity index (χ1v) is 12.2. The van der Waals surface area contributed by atoms with Gasteiger partial charge in [0.2, 0.25) is 5.91 Å². The summed E-state index contributed by atoms with van der Waals surface area (Å²) in [6, 6.07) is 14.7. The number of rotatable bonds is 6. The smallest absolute Gasteiger partial charge is 0.359 e. The maximum atomic E-state index is 13.8. The van der Waals surface area contributed by atoms with Gasteiger partial charge >= 0.3 is 5.97 Å². The van der Waals surface area contributed by atoms with Crippen molar-refractivity contribution >= 4 is 29.2 Å². The van der Waals surface area contributed by atoms with Crippen molar-refractivity contribution in [3.05, 3.63) is 65.5 Å². The molecule has 1 aromatic heterocycles. The maximum absolute atomic E-state index is 13.8. The summed E-state index contributed by atoms with van der Waals surface area (Å²) in [5, 5.41) is 4.51. The SMILES string of the molecule is CCOC(=O)c1nn(-c2cccc(OC)c2)c2c1CCN(c1ccc(N3CCCCC3=O)cc1)C2=O. The number of piperidine rings is 1. The van der Waals surface area contributed by atoms with E-state index in [1.165, 1.54) is 4.68 Å². The summed E-state index contributed by atoms with van der Waals surface area (Å²) in [6.07, 6.45) is 2.92. The number of carbonyl (C=O) groups excluding carboxylic acids is 3. The van der Waals surface area contributed by atoms with Crippen LogP contribution in [0.4, 0.5) is 11.4 Å². The van der Waals surface area contributed by atoms with Crippen LogP contribution in [0.15, 0.2) is 48.5 Å². The maximum Gasteiger partial charge on any atom is 0.359 e. The molecule has 2 aliphatic rings. The minimum absolute atomic E-state index is 0.126. The molecule has 36 heavy (non-hydrogen) atoms. The highest BCUT2D eigenvalue weighted by Gasteiger charge is 2.35. The summed E-state index contributed by atoms with van der Waals surface area (Å²) in [5.74, 6) is -0.0742. The molecule has 0 unspecified atom stereocenters. The number of esters is 1. The van der Waals surface area contributed by atoms with Gasteiger partial charge in [-0.05, 0) is 62.6 Å². The highest BCUT2D eigenvalue weighted by Crippen LogP contribution is 2.31. The molecule has 1 fully saturated rings. The number of carbonyl (C=O) groups is 3. The third-order valence-corrected chi connectivity index (χ3v) is 6.58. The lowest BCUT2D eigenvalue weighted by Crippen LogP contribution is -2.39. The van der Waals surface area contributed by atoms with Gasteiger partial charge in [-0.2, -0.15) is 5.10 Å². The lowest BCUT2D eigenvalue weighted by molar-refractivity contribution is -0.119. The summed E-state index contributed by atoms with van der Waals surface area (Å²) >= 11 is 0. The minimum Gasteiger partial charge on any atom is -0.497 e. The fourth-order valence-corrected chi connectivity index (χ4v) is 4.79. The Balaban J connectivity index is 1.51. The van der Waals surface area contributed by atoms with Crippen LogP contribution in [0.25, 0.3) is 5.69 Å². The topological polar surface area (TPSA) is 94.0 Å². The molecule has 9 heteroatoms. The molecule has 3 aromatic rings. The van der Waals surface area contributed by atoms with E-state index in [0.717, 1.165) is 24.2 Å². The van der Waals surface area contributed by atoms with Crippen molar-refractivity contribution in [1.82, 2.24) is 9.78 Å². The van der Waals surface area contributed by atoms with E-state index < -0.39 is 5.97 Å². The summed E-state index contributed by atoms with van der Waals surface area (Å²) in [6.45, 7) is 3.05. The Morgan fingerprint density at radius 2 is 1.69 bits per heavy atom. The fraction of sp³-hybridized carbons (Fsp3) is 0.333. The summed E-state index contributed by atoms with van der Waals surface area (Å²) < 4.78 is 12.1. The minimum atomic E-state index is -0.549. The monoisotopic (exact) mass is 488 g/mol. The molecule has 0 bridgehead atoms. The Bertz CT molecular complexity index is 1310. The first-order valence-electron chi connectivity index (χ1n) is 12.2. The first-order chi connectivity index (χ1) is 17.5. The lowest BCUT2D eigenvalue weighted by Gasteiger charge is -2.29. The number of amides is 2. The van der Waals surface area contributed by atoms with E-state index in [1.807, 2.05) is 24.3 Å².